The summed E-state index contributed by atoms with van der Waals surface area (Å²) in [6.45, 7) is 16.6. The van der Waals surface area contributed by atoms with E-state index in [1.54, 1.807) is 0 Å². The molecule has 0 heterocycles. The van der Waals surface area contributed by atoms with Crippen LogP contribution in [0.25, 0.3) is 0 Å². The zero-order valence-corrected chi connectivity index (χ0v) is 31.1. The van der Waals surface area contributed by atoms with Crippen LogP contribution < -0.4 is 0 Å². The Labute approximate surface area is 276 Å². The van der Waals surface area contributed by atoms with Crippen LogP contribution in [0.1, 0.15) is 123 Å². The molecule has 1 aliphatic rings. The van der Waals surface area contributed by atoms with Gasteiger partial charge in [-0.15, -0.1) is 0 Å². The van der Waals surface area contributed by atoms with Crippen molar-refractivity contribution in [2.75, 3.05) is 0 Å². The Morgan fingerprint density at radius 2 is 0.629 bits per heavy atom. The molecule has 0 N–H and O–H groups in total. The molecule has 197 valence electrons. The normalized spacial score (nSPS) is 10.1. The largest absolute Gasteiger partial charge is 0.358 e. The van der Waals surface area contributed by atoms with E-state index in [0.717, 1.165) is 19.3 Å². The Bertz CT molecular complexity index is 504. The summed E-state index contributed by atoms with van der Waals surface area (Å²) in [4.78, 5) is 0. The summed E-state index contributed by atoms with van der Waals surface area (Å²) < 4.78 is 0. The topological polar surface area (TPSA) is 0 Å². The van der Waals surface area contributed by atoms with Gasteiger partial charge in [-0.3, -0.25) is 0 Å². The molecule has 35 heavy (non-hydrogen) atoms. The smallest absolute Gasteiger partial charge is 0 e. The summed E-state index contributed by atoms with van der Waals surface area (Å²) in [5.41, 5.74) is 5.61. The minimum atomic E-state index is 0. The van der Waals surface area contributed by atoms with Crippen molar-refractivity contribution in [3.05, 3.63) is 85.6 Å². The summed E-state index contributed by atoms with van der Waals surface area (Å²) in [7, 11) is 0. The first-order chi connectivity index (χ1) is 14.7. The van der Waals surface area contributed by atoms with Crippen molar-refractivity contribution < 1.29 is 65.4 Å². The summed E-state index contributed by atoms with van der Waals surface area (Å²) >= 11 is 0. The predicted molar refractivity (Wildman–Crippen MR) is 159 cm³/mol. The first kappa shape index (κ1) is 52.2. The maximum absolute atomic E-state index is 2.24. The van der Waals surface area contributed by atoms with Crippen molar-refractivity contribution in [3.8, 4) is 0 Å². The van der Waals surface area contributed by atoms with Gasteiger partial charge in [-0.25, -0.2) is 0 Å². The van der Waals surface area contributed by atoms with Gasteiger partial charge in [0.1, 0.15) is 0 Å². The van der Waals surface area contributed by atoms with Gasteiger partial charge in [-0.1, -0.05) is 149 Å². The SMILES string of the molecule is C1CCCCC1.CC.CC.CCC.CCc1ccc(Cc2ccc(CC)cc2)cc1.[B].[CH3-].[CH3-].[Y].[Y]. The van der Waals surface area contributed by atoms with Gasteiger partial charge < -0.3 is 14.9 Å². The molecule has 2 aromatic carbocycles. The standard InChI is InChI=1S/C17H20.C6H12.C3H8.2C2H6.2CH3.B.2Y/c1-3-14-5-9-16(10-6-14)13-17-11-7-15(4-2)8-12-17;1-2-4-6-5-3-1;1-3-2;2*1-2;;;;;/h5-12H,3-4,13H2,1-2H3;1-6H2;3H2,1-2H3;2*1-2H3;2*1H3;;;/q;;;;;2*-1;;;. The van der Waals surface area contributed by atoms with Crippen molar-refractivity contribution in [2.45, 2.75) is 120 Å². The van der Waals surface area contributed by atoms with Crippen molar-refractivity contribution >= 4 is 8.41 Å². The molecular weight excluding hydrogens is 573 g/mol. The first-order valence-electron chi connectivity index (χ1n) is 12.9. The summed E-state index contributed by atoms with van der Waals surface area (Å²) in [6.07, 6.45) is 13.5. The van der Waals surface area contributed by atoms with Crippen LogP contribution in [0, 0.1) is 14.9 Å². The molecule has 0 unspecified atom stereocenters. The van der Waals surface area contributed by atoms with Crippen LogP contribution in [0.4, 0.5) is 0 Å². The first-order valence-corrected chi connectivity index (χ1v) is 12.9. The van der Waals surface area contributed by atoms with E-state index < -0.39 is 0 Å². The Morgan fingerprint density at radius 3 is 0.800 bits per heavy atom. The summed E-state index contributed by atoms with van der Waals surface area (Å²) in [5.74, 6) is 0. The molecule has 1 aliphatic carbocycles. The quantitative estimate of drug-likeness (QED) is 0.233. The van der Waals surface area contributed by atoms with E-state index >= 15 is 0 Å². The van der Waals surface area contributed by atoms with Gasteiger partial charge in [-0.05, 0) is 41.5 Å². The molecular formula is C32H58BY2-2. The van der Waals surface area contributed by atoms with Crippen LogP contribution in [0.3, 0.4) is 0 Å². The zero-order valence-electron chi connectivity index (χ0n) is 25.4. The van der Waals surface area contributed by atoms with Crippen molar-refractivity contribution in [3.63, 3.8) is 0 Å². The van der Waals surface area contributed by atoms with Crippen LogP contribution in [-0.2, 0) is 84.7 Å². The molecule has 0 aliphatic heterocycles. The average Bonchev–Trinajstić information content (AvgIpc) is 2.85. The molecule has 0 spiro atoms. The van der Waals surface area contributed by atoms with E-state index in [2.05, 4.69) is 76.2 Å². The van der Waals surface area contributed by atoms with Gasteiger partial charge in [0.15, 0.2) is 0 Å². The number of rotatable bonds is 4. The van der Waals surface area contributed by atoms with E-state index in [-0.39, 0.29) is 88.7 Å². The monoisotopic (exact) mass is 631 g/mol. The maximum atomic E-state index is 2.24. The van der Waals surface area contributed by atoms with Gasteiger partial charge >= 0.3 is 0 Å². The number of aryl methyl sites for hydroxylation is 2. The van der Waals surface area contributed by atoms with Gasteiger partial charge in [0, 0.05) is 73.8 Å². The molecule has 3 heteroatoms. The predicted octanol–water partition coefficient (Wildman–Crippen LogP) is 10.7. The number of hydrogen-bond donors (Lipinski definition) is 0. The average molecular weight is 631 g/mol. The third kappa shape index (κ3) is 30.8. The van der Waals surface area contributed by atoms with E-state index in [0.29, 0.717) is 0 Å². The van der Waals surface area contributed by atoms with E-state index in [1.807, 2.05) is 27.7 Å². The van der Waals surface area contributed by atoms with E-state index in [9.17, 15) is 0 Å². The fourth-order valence-electron chi connectivity index (χ4n) is 3.08. The summed E-state index contributed by atoms with van der Waals surface area (Å²) in [5, 5.41) is 0. The Balaban J connectivity index is -0.0000000745. The van der Waals surface area contributed by atoms with E-state index in [1.165, 1.54) is 67.2 Å². The van der Waals surface area contributed by atoms with Crippen molar-refractivity contribution in [2.24, 2.45) is 0 Å². The Morgan fingerprint density at radius 1 is 0.457 bits per heavy atom. The van der Waals surface area contributed by atoms with Crippen LogP contribution in [0.5, 0.6) is 0 Å². The molecule has 5 radical (unpaired) electrons. The Hall–Kier alpha value is 0.713. The second kappa shape index (κ2) is 41.8. The minimum Gasteiger partial charge on any atom is -0.358 e. The molecule has 1 saturated carbocycles. The van der Waals surface area contributed by atoms with Crippen molar-refractivity contribution in [1.82, 2.24) is 0 Å². The van der Waals surface area contributed by atoms with Gasteiger partial charge in [0.2, 0.25) is 0 Å². The van der Waals surface area contributed by atoms with Crippen LogP contribution in [-0.4, -0.2) is 8.41 Å². The summed E-state index contributed by atoms with van der Waals surface area (Å²) in [6, 6.07) is 17.9. The number of hydrogen-bond acceptors (Lipinski definition) is 0. The second-order valence-corrected chi connectivity index (χ2v) is 7.35. The molecule has 0 amide bonds. The zero-order chi connectivity index (χ0) is 23.0. The molecule has 0 nitrogen and oxygen atoms in total. The van der Waals surface area contributed by atoms with Gasteiger partial charge in [0.25, 0.3) is 0 Å². The molecule has 1 fully saturated rings. The third-order valence-corrected chi connectivity index (χ3v) is 4.77. The fourth-order valence-corrected chi connectivity index (χ4v) is 3.08. The van der Waals surface area contributed by atoms with Crippen LogP contribution in [0.15, 0.2) is 48.5 Å². The fraction of sp³-hybridized carbons (Fsp3) is 0.562. The second-order valence-electron chi connectivity index (χ2n) is 7.35. The maximum Gasteiger partial charge on any atom is 0 e. The molecule has 2 aromatic rings. The number of benzene rings is 2. The molecule has 0 atom stereocenters. The van der Waals surface area contributed by atoms with Crippen molar-refractivity contribution in [1.29, 1.82) is 0 Å². The molecule has 0 aromatic heterocycles. The van der Waals surface area contributed by atoms with Gasteiger partial charge in [0.05, 0.1) is 0 Å². The third-order valence-electron chi connectivity index (χ3n) is 4.77. The minimum absolute atomic E-state index is 0. The Kier molecular flexibility index (Phi) is 62.4. The molecule has 3 rings (SSSR count). The van der Waals surface area contributed by atoms with Gasteiger partial charge in [-0.2, -0.15) is 0 Å². The van der Waals surface area contributed by atoms with Crippen LogP contribution in [0.2, 0.25) is 0 Å². The van der Waals surface area contributed by atoms with Crippen LogP contribution >= 0.6 is 0 Å². The molecule has 0 bridgehead atoms. The van der Waals surface area contributed by atoms with E-state index in [4.69, 9.17) is 0 Å². The molecule has 0 saturated heterocycles.